The maximum absolute atomic E-state index is 12.5. The zero-order valence-corrected chi connectivity index (χ0v) is 7.73. The number of nitrogens with zero attached hydrogens (tertiary/aromatic N) is 1. The summed E-state index contributed by atoms with van der Waals surface area (Å²) in [5.74, 6) is -1.36. The molecule has 2 rings (SSSR count). The summed E-state index contributed by atoms with van der Waals surface area (Å²) in [4.78, 5) is 22.3. The molecule has 1 aliphatic carbocycles. The summed E-state index contributed by atoms with van der Waals surface area (Å²) in [5, 5.41) is 0. The Kier molecular flexibility index (Phi) is 2.09. The average molecular weight is 219 g/mol. The van der Waals surface area contributed by atoms with Gasteiger partial charge in [0.1, 0.15) is 0 Å². The number of rotatable bonds is 0. The largest absolute Gasteiger partial charge is 0.491 e. The number of hydrogen-bond donors (Lipinski definition) is 0. The highest BCUT2D eigenvalue weighted by Crippen LogP contribution is 2.39. The number of carbonyl (C=O) groups is 2. The first kappa shape index (κ1) is 10.2. The van der Waals surface area contributed by atoms with Crippen molar-refractivity contribution in [3.05, 3.63) is 11.3 Å². The minimum absolute atomic E-state index is 0.0589. The highest BCUT2D eigenvalue weighted by molar-refractivity contribution is 6.04. The molecule has 1 aliphatic heterocycles. The maximum atomic E-state index is 12.5. The van der Waals surface area contributed by atoms with E-state index in [2.05, 4.69) is 0 Å². The van der Waals surface area contributed by atoms with Gasteiger partial charge in [0, 0.05) is 17.7 Å². The highest BCUT2D eigenvalue weighted by atomic mass is 19.4. The van der Waals surface area contributed by atoms with Crippen molar-refractivity contribution < 1.29 is 22.8 Å². The lowest BCUT2D eigenvalue weighted by Gasteiger charge is -2.24. The number of halogens is 3. The minimum atomic E-state index is -4.70. The van der Waals surface area contributed by atoms with Crippen molar-refractivity contribution in [3.8, 4) is 0 Å². The van der Waals surface area contributed by atoms with Gasteiger partial charge >= 0.3 is 6.30 Å². The summed E-state index contributed by atoms with van der Waals surface area (Å²) in [7, 11) is 0. The van der Waals surface area contributed by atoms with Crippen LogP contribution in [0.5, 0.6) is 0 Å². The van der Waals surface area contributed by atoms with E-state index in [1.54, 1.807) is 0 Å². The van der Waals surface area contributed by atoms with Crippen LogP contribution in [-0.4, -0.2) is 22.9 Å². The Bertz CT molecular complexity index is 370. The molecule has 0 atom stereocenters. The lowest BCUT2D eigenvalue weighted by atomic mass is 9.95. The number of Topliss-reactive ketones (excluding diaryl/α,β-unsaturated/α-hetero) is 1. The summed E-state index contributed by atoms with van der Waals surface area (Å²) in [6.07, 6.45) is -4.30. The van der Waals surface area contributed by atoms with Crippen LogP contribution in [-0.2, 0) is 9.59 Å². The van der Waals surface area contributed by atoms with Gasteiger partial charge in [-0.1, -0.05) is 0 Å². The molecule has 0 radical (unpaired) electrons. The predicted octanol–water partition coefficient (Wildman–Crippen LogP) is 1.75. The number of carbonyl (C=O) groups excluding carboxylic acids is 2. The van der Waals surface area contributed by atoms with Gasteiger partial charge in [0.15, 0.2) is 5.78 Å². The third kappa shape index (κ3) is 1.53. The normalized spacial score (nSPS) is 22.5. The fraction of sp³-hybridized carbons (Fsp3) is 0.556. The van der Waals surface area contributed by atoms with E-state index < -0.39 is 18.6 Å². The van der Waals surface area contributed by atoms with Crippen molar-refractivity contribution in [2.45, 2.75) is 32.0 Å². The molecule has 0 spiro atoms. The van der Waals surface area contributed by atoms with Crippen LogP contribution in [0.2, 0.25) is 0 Å². The van der Waals surface area contributed by atoms with Crippen LogP contribution in [0.4, 0.5) is 13.2 Å². The zero-order valence-electron chi connectivity index (χ0n) is 7.73. The summed E-state index contributed by atoms with van der Waals surface area (Å²) < 4.78 is 37.4. The van der Waals surface area contributed by atoms with Crippen LogP contribution < -0.4 is 0 Å². The molecule has 1 amide bonds. The molecular formula is C9H8F3NO2. The van der Waals surface area contributed by atoms with Crippen LogP contribution in [0.1, 0.15) is 25.7 Å². The number of ketones is 1. The molecule has 0 bridgehead atoms. The van der Waals surface area contributed by atoms with Crippen molar-refractivity contribution in [3.63, 3.8) is 0 Å². The standard InChI is InChI=1S/C9H8F3NO2/c10-9(11,12)13-6-2-1-3-7(14)5(6)4-8(13)15/h1-4H2. The number of allylic oxidation sites excluding steroid dienone is 1. The quantitative estimate of drug-likeness (QED) is 0.582. The first-order chi connectivity index (χ1) is 6.91. The molecule has 0 N–H and O–H groups in total. The Hall–Kier alpha value is -1.33. The lowest BCUT2D eigenvalue weighted by Crippen LogP contribution is -2.39. The molecule has 0 aromatic heterocycles. The molecule has 15 heavy (non-hydrogen) atoms. The minimum Gasteiger partial charge on any atom is -0.294 e. The Morgan fingerprint density at radius 2 is 1.80 bits per heavy atom. The van der Waals surface area contributed by atoms with Gasteiger partial charge in [0.05, 0.1) is 6.42 Å². The molecule has 0 aromatic rings. The Morgan fingerprint density at radius 3 is 2.40 bits per heavy atom. The van der Waals surface area contributed by atoms with E-state index >= 15 is 0 Å². The van der Waals surface area contributed by atoms with Gasteiger partial charge in [-0.05, 0) is 12.8 Å². The maximum Gasteiger partial charge on any atom is 0.491 e. The molecule has 0 saturated carbocycles. The summed E-state index contributed by atoms with van der Waals surface area (Å²) >= 11 is 0. The topological polar surface area (TPSA) is 37.4 Å². The van der Waals surface area contributed by atoms with Crippen LogP contribution in [0.3, 0.4) is 0 Å². The fourth-order valence-electron chi connectivity index (χ4n) is 2.00. The van der Waals surface area contributed by atoms with Crippen LogP contribution in [0.15, 0.2) is 11.3 Å². The first-order valence-corrected chi connectivity index (χ1v) is 4.56. The van der Waals surface area contributed by atoms with Gasteiger partial charge in [0.25, 0.3) is 0 Å². The SMILES string of the molecule is O=C1CCCC2=C1CC(=O)N2C(F)(F)F. The van der Waals surface area contributed by atoms with E-state index in [-0.39, 0.29) is 34.8 Å². The number of hydrogen-bond acceptors (Lipinski definition) is 2. The van der Waals surface area contributed by atoms with Crippen LogP contribution >= 0.6 is 0 Å². The second-order valence-corrected chi connectivity index (χ2v) is 3.58. The fourth-order valence-corrected chi connectivity index (χ4v) is 2.00. The van der Waals surface area contributed by atoms with E-state index in [1.165, 1.54) is 0 Å². The van der Waals surface area contributed by atoms with E-state index in [4.69, 9.17) is 0 Å². The van der Waals surface area contributed by atoms with E-state index in [1.807, 2.05) is 0 Å². The number of alkyl halides is 3. The molecule has 82 valence electrons. The molecule has 0 unspecified atom stereocenters. The van der Waals surface area contributed by atoms with Gasteiger partial charge in [-0.25, -0.2) is 4.90 Å². The third-order valence-corrected chi connectivity index (χ3v) is 2.60. The molecule has 1 heterocycles. The lowest BCUT2D eigenvalue weighted by molar-refractivity contribution is -0.227. The Balaban J connectivity index is 2.41. The van der Waals surface area contributed by atoms with Gasteiger partial charge < -0.3 is 0 Å². The molecule has 0 saturated heterocycles. The monoisotopic (exact) mass is 219 g/mol. The van der Waals surface area contributed by atoms with Gasteiger partial charge in [0.2, 0.25) is 5.91 Å². The van der Waals surface area contributed by atoms with Crippen LogP contribution in [0, 0.1) is 0 Å². The van der Waals surface area contributed by atoms with Gasteiger partial charge in [-0.15, -0.1) is 13.2 Å². The second kappa shape index (κ2) is 3.08. The number of amides is 1. The van der Waals surface area contributed by atoms with Crippen molar-refractivity contribution in [2.75, 3.05) is 0 Å². The first-order valence-electron chi connectivity index (χ1n) is 4.56. The third-order valence-electron chi connectivity index (χ3n) is 2.60. The zero-order chi connectivity index (χ0) is 11.2. The van der Waals surface area contributed by atoms with Crippen molar-refractivity contribution in [1.29, 1.82) is 0 Å². The van der Waals surface area contributed by atoms with Crippen molar-refractivity contribution >= 4 is 11.7 Å². The van der Waals surface area contributed by atoms with Gasteiger partial charge in [-0.2, -0.15) is 0 Å². The molecule has 0 aromatic carbocycles. The smallest absolute Gasteiger partial charge is 0.294 e. The molecule has 2 aliphatic rings. The summed E-state index contributed by atoms with van der Waals surface area (Å²) in [5.41, 5.74) is -0.0766. The van der Waals surface area contributed by atoms with Crippen molar-refractivity contribution in [2.24, 2.45) is 0 Å². The van der Waals surface area contributed by atoms with E-state index in [0.717, 1.165) is 0 Å². The van der Waals surface area contributed by atoms with Crippen molar-refractivity contribution in [1.82, 2.24) is 4.90 Å². The van der Waals surface area contributed by atoms with E-state index in [0.29, 0.717) is 6.42 Å². The highest BCUT2D eigenvalue weighted by Gasteiger charge is 2.49. The average Bonchev–Trinajstić information content (AvgIpc) is 2.41. The Morgan fingerprint density at radius 1 is 1.13 bits per heavy atom. The molecule has 6 heteroatoms. The Labute approximate surface area is 83.5 Å². The second-order valence-electron chi connectivity index (χ2n) is 3.58. The van der Waals surface area contributed by atoms with Crippen LogP contribution in [0.25, 0.3) is 0 Å². The molecule has 0 fully saturated rings. The predicted molar refractivity (Wildman–Crippen MR) is 43.4 cm³/mol. The van der Waals surface area contributed by atoms with E-state index in [9.17, 15) is 22.8 Å². The van der Waals surface area contributed by atoms with Gasteiger partial charge in [-0.3, -0.25) is 9.59 Å². The molecule has 3 nitrogen and oxygen atoms in total. The molecular weight excluding hydrogens is 211 g/mol. The summed E-state index contributed by atoms with van der Waals surface area (Å²) in [6.45, 7) is 0. The summed E-state index contributed by atoms with van der Waals surface area (Å²) in [6, 6.07) is 0.